The van der Waals surface area contributed by atoms with Gasteiger partial charge in [-0.1, -0.05) is 0 Å². The first kappa shape index (κ1) is 10.8. The van der Waals surface area contributed by atoms with Gasteiger partial charge >= 0.3 is 0 Å². The van der Waals surface area contributed by atoms with Gasteiger partial charge in [-0.2, -0.15) is 0 Å². The second-order valence-electron chi connectivity index (χ2n) is 1.92. The molecule has 0 aliphatic rings. The molecule has 0 aliphatic heterocycles. The van der Waals surface area contributed by atoms with Gasteiger partial charge in [0.2, 0.25) is 0 Å². The normalized spacial score (nSPS) is 13.4. The SMILES string of the molecule is CCOC(C[O])OCCOC. The van der Waals surface area contributed by atoms with Crippen LogP contribution in [0, 0.1) is 0 Å². The van der Waals surface area contributed by atoms with E-state index in [0.29, 0.717) is 19.8 Å². The number of ether oxygens (including phenoxy) is 3. The fraction of sp³-hybridized carbons (Fsp3) is 1.00. The highest BCUT2D eigenvalue weighted by atomic mass is 16.7. The smallest absolute Gasteiger partial charge is 0.184 e. The first-order chi connectivity index (χ1) is 5.35. The zero-order chi connectivity index (χ0) is 8.53. The molecule has 11 heavy (non-hydrogen) atoms. The standard InChI is InChI=1S/C7H15O4/c1-3-10-7(6-8)11-5-4-9-2/h7H,3-6H2,1-2H3. The molecular weight excluding hydrogens is 148 g/mol. The zero-order valence-corrected chi connectivity index (χ0v) is 7.04. The second kappa shape index (κ2) is 7.94. The van der Waals surface area contributed by atoms with Crippen molar-refractivity contribution in [3.63, 3.8) is 0 Å². The van der Waals surface area contributed by atoms with Crippen LogP contribution in [0.25, 0.3) is 0 Å². The lowest BCUT2D eigenvalue weighted by Gasteiger charge is -2.13. The summed E-state index contributed by atoms with van der Waals surface area (Å²) in [6.07, 6.45) is -0.616. The molecular formula is C7H15O4. The Hall–Kier alpha value is -0.160. The third-order valence-electron chi connectivity index (χ3n) is 1.08. The quantitative estimate of drug-likeness (QED) is 0.404. The molecule has 0 aromatic heterocycles. The van der Waals surface area contributed by atoms with Crippen LogP contribution in [0.4, 0.5) is 0 Å². The number of hydrogen-bond acceptors (Lipinski definition) is 3. The summed E-state index contributed by atoms with van der Waals surface area (Å²) in [5.41, 5.74) is 0. The van der Waals surface area contributed by atoms with E-state index >= 15 is 0 Å². The van der Waals surface area contributed by atoms with E-state index in [0.717, 1.165) is 0 Å². The Balaban J connectivity index is 3.20. The van der Waals surface area contributed by atoms with Crippen LogP contribution in [-0.2, 0) is 19.3 Å². The zero-order valence-electron chi connectivity index (χ0n) is 7.04. The van der Waals surface area contributed by atoms with E-state index < -0.39 is 6.29 Å². The molecule has 1 atom stereocenters. The average Bonchev–Trinajstić information content (AvgIpc) is 2.03. The maximum atomic E-state index is 10.3. The molecule has 0 spiro atoms. The van der Waals surface area contributed by atoms with Crippen molar-refractivity contribution in [2.24, 2.45) is 0 Å². The van der Waals surface area contributed by atoms with Gasteiger partial charge in [0.1, 0.15) is 6.61 Å². The Bertz CT molecular complexity index is 76.8. The molecule has 0 rings (SSSR count). The van der Waals surface area contributed by atoms with Gasteiger partial charge in [-0.15, -0.1) is 0 Å². The summed E-state index contributed by atoms with van der Waals surface area (Å²) in [4.78, 5) is 0. The molecule has 0 saturated carbocycles. The molecule has 1 radical (unpaired) electrons. The fourth-order valence-corrected chi connectivity index (χ4v) is 0.593. The third kappa shape index (κ3) is 6.25. The van der Waals surface area contributed by atoms with E-state index in [2.05, 4.69) is 0 Å². The highest BCUT2D eigenvalue weighted by Crippen LogP contribution is 1.93. The van der Waals surface area contributed by atoms with Gasteiger partial charge in [-0.3, -0.25) is 0 Å². The molecule has 0 N–H and O–H groups in total. The predicted molar refractivity (Wildman–Crippen MR) is 38.8 cm³/mol. The summed E-state index contributed by atoms with van der Waals surface area (Å²) in [6, 6.07) is 0. The topological polar surface area (TPSA) is 47.6 Å². The van der Waals surface area contributed by atoms with Crippen LogP contribution in [0.3, 0.4) is 0 Å². The van der Waals surface area contributed by atoms with E-state index in [9.17, 15) is 5.11 Å². The minimum Gasteiger partial charge on any atom is -0.382 e. The summed E-state index contributed by atoms with van der Waals surface area (Å²) < 4.78 is 14.7. The summed E-state index contributed by atoms with van der Waals surface area (Å²) in [5, 5.41) is 10.3. The van der Waals surface area contributed by atoms with Crippen molar-refractivity contribution in [3.8, 4) is 0 Å². The van der Waals surface area contributed by atoms with Crippen molar-refractivity contribution in [3.05, 3.63) is 0 Å². The van der Waals surface area contributed by atoms with E-state index in [4.69, 9.17) is 14.2 Å². The predicted octanol–water partition coefficient (Wildman–Crippen LogP) is 0.442. The molecule has 0 aromatic rings. The van der Waals surface area contributed by atoms with Crippen LogP contribution >= 0.6 is 0 Å². The van der Waals surface area contributed by atoms with Crippen molar-refractivity contribution < 1.29 is 19.3 Å². The molecule has 0 bridgehead atoms. The van der Waals surface area contributed by atoms with E-state index in [1.807, 2.05) is 6.92 Å². The number of hydrogen-bond donors (Lipinski definition) is 0. The lowest BCUT2D eigenvalue weighted by molar-refractivity contribution is -0.174. The van der Waals surface area contributed by atoms with Gasteiger partial charge in [-0.05, 0) is 6.92 Å². The largest absolute Gasteiger partial charge is 0.382 e. The summed E-state index contributed by atoms with van der Waals surface area (Å²) in [7, 11) is 1.58. The molecule has 0 aromatic carbocycles. The van der Waals surface area contributed by atoms with Crippen LogP contribution in [0.2, 0.25) is 0 Å². The summed E-state index contributed by atoms with van der Waals surface area (Å²) in [5.74, 6) is 0. The van der Waals surface area contributed by atoms with Crippen LogP contribution in [0.1, 0.15) is 6.92 Å². The van der Waals surface area contributed by atoms with Crippen LogP contribution in [0.5, 0.6) is 0 Å². The van der Waals surface area contributed by atoms with Crippen molar-refractivity contribution in [1.29, 1.82) is 0 Å². The minimum atomic E-state index is -0.616. The van der Waals surface area contributed by atoms with Gasteiger partial charge in [0.05, 0.1) is 13.2 Å². The lowest BCUT2D eigenvalue weighted by atomic mass is 10.6. The summed E-state index contributed by atoms with van der Waals surface area (Å²) >= 11 is 0. The van der Waals surface area contributed by atoms with Crippen LogP contribution < -0.4 is 0 Å². The Labute approximate surface area is 67.1 Å². The van der Waals surface area contributed by atoms with E-state index in [-0.39, 0.29) is 6.61 Å². The Morgan fingerprint density at radius 1 is 1.27 bits per heavy atom. The maximum absolute atomic E-state index is 10.3. The maximum Gasteiger partial charge on any atom is 0.184 e. The molecule has 0 aliphatic carbocycles. The first-order valence-electron chi connectivity index (χ1n) is 3.65. The van der Waals surface area contributed by atoms with Gasteiger partial charge < -0.3 is 14.2 Å². The van der Waals surface area contributed by atoms with Crippen molar-refractivity contribution >= 4 is 0 Å². The van der Waals surface area contributed by atoms with E-state index in [1.165, 1.54) is 0 Å². The third-order valence-corrected chi connectivity index (χ3v) is 1.08. The van der Waals surface area contributed by atoms with Crippen molar-refractivity contribution in [2.45, 2.75) is 13.2 Å². The van der Waals surface area contributed by atoms with E-state index in [1.54, 1.807) is 7.11 Å². The number of methoxy groups -OCH3 is 1. The van der Waals surface area contributed by atoms with Gasteiger partial charge in [0.15, 0.2) is 6.29 Å². The molecule has 0 amide bonds. The average molecular weight is 163 g/mol. The highest BCUT2D eigenvalue weighted by Gasteiger charge is 2.05. The molecule has 0 saturated heterocycles. The Morgan fingerprint density at radius 3 is 2.45 bits per heavy atom. The molecule has 67 valence electrons. The minimum absolute atomic E-state index is 0.364. The summed E-state index contributed by atoms with van der Waals surface area (Å²) in [6.45, 7) is 2.85. The van der Waals surface area contributed by atoms with Gasteiger partial charge in [0, 0.05) is 13.7 Å². The van der Waals surface area contributed by atoms with Crippen molar-refractivity contribution in [1.82, 2.24) is 0 Å². The fourth-order valence-electron chi connectivity index (χ4n) is 0.593. The molecule has 1 unspecified atom stereocenters. The van der Waals surface area contributed by atoms with Crippen LogP contribution in [0.15, 0.2) is 0 Å². The van der Waals surface area contributed by atoms with Gasteiger partial charge in [-0.25, -0.2) is 5.11 Å². The Morgan fingerprint density at radius 2 is 2.00 bits per heavy atom. The second-order valence-corrected chi connectivity index (χ2v) is 1.92. The molecule has 4 heteroatoms. The van der Waals surface area contributed by atoms with Crippen LogP contribution in [-0.4, -0.2) is 39.8 Å². The first-order valence-corrected chi connectivity index (χ1v) is 3.65. The number of rotatable bonds is 7. The van der Waals surface area contributed by atoms with Crippen molar-refractivity contribution in [2.75, 3.05) is 33.5 Å². The molecule has 0 fully saturated rings. The molecule has 4 nitrogen and oxygen atoms in total. The highest BCUT2D eigenvalue weighted by molar-refractivity contribution is 4.38. The molecule has 0 heterocycles. The lowest BCUT2D eigenvalue weighted by Crippen LogP contribution is -2.22. The Kier molecular flexibility index (Phi) is 7.83. The monoisotopic (exact) mass is 163 g/mol. The van der Waals surface area contributed by atoms with Gasteiger partial charge in [0.25, 0.3) is 0 Å².